The molecule has 0 radical (unpaired) electrons. The first-order chi connectivity index (χ1) is 13.2. The molecule has 1 fully saturated rings. The van der Waals surface area contributed by atoms with Gasteiger partial charge >= 0.3 is 0 Å². The van der Waals surface area contributed by atoms with Crippen LogP contribution in [-0.4, -0.2) is 47.1 Å². The highest BCUT2D eigenvalue weighted by atomic mass is 16.5. The predicted molar refractivity (Wildman–Crippen MR) is 109 cm³/mol. The zero-order valence-corrected chi connectivity index (χ0v) is 15.7. The Morgan fingerprint density at radius 1 is 1.26 bits per heavy atom. The molecule has 3 aromatic rings. The molecule has 1 N–H and O–H groups in total. The lowest BCUT2D eigenvalue weighted by atomic mass is 10.2. The number of benzene rings is 1. The number of hydrogen-bond acceptors (Lipinski definition) is 6. The fraction of sp³-hybridized carbons (Fsp3) is 0.350. The van der Waals surface area contributed by atoms with E-state index >= 15 is 0 Å². The molecule has 0 aliphatic carbocycles. The third-order valence-electron chi connectivity index (χ3n) is 4.68. The molecule has 0 amide bonds. The molecule has 7 heteroatoms. The summed E-state index contributed by atoms with van der Waals surface area (Å²) in [5.41, 5.74) is 8.21. The molecule has 0 saturated carbocycles. The van der Waals surface area contributed by atoms with Gasteiger partial charge in [0.05, 0.1) is 31.4 Å². The van der Waals surface area contributed by atoms with Crippen LogP contribution in [0.5, 0.6) is 0 Å². The maximum atomic E-state index is 5.49. The van der Waals surface area contributed by atoms with Gasteiger partial charge in [-0.25, -0.2) is 9.97 Å². The fourth-order valence-corrected chi connectivity index (χ4v) is 3.28. The summed E-state index contributed by atoms with van der Waals surface area (Å²) in [5, 5.41) is 4.38. The average molecular weight is 364 g/mol. The smallest absolute Gasteiger partial charge is 0.164 e. The van der Waals surface area contributed by atoms with Gasteiger partial charge in [-0.15, -0.1) is 0 Å². The molecule has 0 bridgehead atoms. The lowest BCUT2D eigenvalue weighted by Crippen LogP contribution is -2.36. The standard InChI is InChI=1S/C20H24N6O/c1-3-25-14-21-19-17(26-7-9-27-10-8-26)12-18(23-20(19)25)24-22-13-16-6-4-5-15(2)11-16/h4-6,11-14H,3,7-10H2,1-2H3,(H,23,24)/b22-13+. The summed E-state index contributed by atoms with van der Waals surface area (Å²) >= 11 is 0. The molecule has 1 aliphatic heterocycles. The molecule has 2 aromatic heterocycles. The number of morpholine rings is 1. The van der Waals surface area contributed by atoms with E-state index in [1.165, 1.54) is 5.56 Å². The van der Waals surface area contributed by atoms with Crippen molar-refractivity contribution in [3.8, 4) is 0 Å². The van der Waals surface area contributed by atoms with Crippen LogP contribution in [0.2, 0.25) is 0 Å². The molecule has 1 aromatic carbocycles. The maximum absolute atomic E-state index is 5.49. The number of anilines is 2. The first-order valence-corrected chi connectivity index (χ1v) is 9.29. The SMILES string of the molecule is CCn1cnc2c(N3CCOCC3)cc(N/N=C/c3cccc(C)c3)nc21. The van der Waals surface area contributed by atoms with Crippen LogP contribution in [0.15, 0.2) is 41.8 Å². The van der Waals surface area contributed by atoms with Crippen LogP contribution in [0.3, 0.4) is 0 Å². The Morgan fingerprint density at radius 2 is 2.11 bits per heavy atom. The topological polar surface area (TPSA) is 67.6 Å². The second-order valence-corrected chi connectivity index (χ2v) is 6.61. The molecule has 3 heterocycles. The number of hydrazone groups is 1. The minimum atomic E-state index is 0.711. The van der Waals surface area contributed by atoms with Gasteiger partial charge in [-0.1, -0.05) is 29.8 Å². The van der Waals surface area contributed by atoms with E-state index in [2.05, 4.69) is 51.0 Å². The van der Waals surface area contributed by atoms with Crippen LogP contribution < -0.4 is 10.3 Å². The van der Waals surface area contributed by atoms with E-state index < -0.39 is 0 Å². The summed E-state index contributed by atoms with van der Waals surface area (Å²) in [6.07, 6.45) is 3.66. The summed E-state index contributed by atoms with van der Waals surface area (Å²) in [6, 6.07) is 10.2. The van der Waals surface area contributed by atoms with E-state index in [1.807, 2.05) is 30.7 Å². The molecular weight excluding hydrogens is 340 g/mol. The van der Waals surface area contributed by atoms with E-state index in [-0.39, 0.29) is 0 Å². The van der Waals surface area contributed by atoms with Crippen LogP contribution in [0.1, 0.15) is 18.1 Å². The molecule has 4 rings (SSSR count). The second-order valence-electron chi connectivity index (χ2n) is 6.61. The summed E-state index contributed by atoms with van der Waals surface area (Å²) in [6.45, 7) is 8.14. The van der Waals surface area contributed by atoms with Crippen LogP contribution >= 0.6 is 0 Å². The molecule has 0 atom stereocenters. The van der Waals surface area contributed by atoms with E-state index in [0.29, 0.717) is 5.82 Å². The van der Waals surface area contributed by atoms with Crippen molar-refractivity contribution in [2.45, 2.75) is 20.4 Å². The Kier molecular flexibility index (Phi) is 5.02. The lowest BCUT2D eigenvalue weighted by Gasteiger charge is -2.29. The highest BCUT2D eigenvalue weighted by molar-refractivity contribution is 5.89. The molecule has 140 valence electrons. The Balaban J connectivity index is 1.65. The van der Waals surface area contributed by atoms with Gasteiger partial charge in [-0.3, -0.25) is 5.43 Å². The first-order valence-electron chi connectivity index (χ1n) is 9.29. The zero-order chi connectivity index (χ0) is 18.6. The van der Waals surface area contributed by atoms with Crippen molar-refractivity contribution in [2.75, 3.05) is 36.6 Å². The van der Waals surface area contributed by atoms with E-state index in [0.717, 1.165) is 55.3 Å². The first kappa shape index (κ1) is 17.5. The number of ether oxygens (including phenoxy) is 1. The van der Waals surface area contributed by atoms with Gasteiger partial charge in [0.15, 0.2) is 11.5 Å². The number of hydrogen-bond donors (Lipinski definition) is 1. The van der Waals surface area contributed by atoms with Crippen molar-refractivity contribution < 1.29 is 4.74 Å². The van der Waals surface area contributed by atoms with Crippen molar-refractivity contribution in [3.05, 3.63) is 47.8 Å². The van der Waals surface area contributed by atoms with Crippen LogP contribution in [0.25, 0.3) is 11.2 Å². The number of aromatic nitrogens is 3. The quantitative estimate of drug-likeness (QED) is 0.557. The average Bonchev–Trinajstić information content (AvgIpc) is 3.11. The predicted octanol–water partition coefficient (Wildman–Crippen LogP) is 3.04. The molecule has 0 spiro atoms. The number of rotatable bonds is 5. The van der Waals surface area contributed by atoms with Crippen molar-refractivity contribution in [1.82, 2.24) is 14.5 Å². The largest absolute Gasteiger partial charge is 0.378 e. The van der Waals surface area contributed by atoms with Crippen molar-refractivity contribution in [3.63, 3.8) is 0 Å². The number of nitrogens with one attached hydrogen (secondary N) is 1. The van der Waals surface area contributed by atoms with Gasteiger partial charge in [0.25, 0.3) is 0 Å². The zero-order valence-electron chi connectivity index (χ0n) is 15.7. The highest BCUT2D eigenvalue weighted by Gasteiger charge is 2.18. The molecule has 7 nitrogen and oxygen atoms in total. The maximum Gasteiger partial charge on any atom is 0.164 e. The van der Waals surface area contributed by atoms with E-state index in [1.54, 1.807) is 0 Å². The number of pyridine rings is 1. The molecule has 1 aliphatic rings. The Bertz CT molecular complexity index is 958. The molecule has 0 unspecified atom stereocenters. The van der Waals surface area contributed by atoms with Crippen LogP contribution in [0, 0.1) is 6.92 Å². The summed E-state index contributed by atoms with van der Waals surface area (Å²) < 4.78 is 7.54. The van der Waals surface area contributed by atoms with Crippen molar-refractivity contribution in [2.24, 2.45) is 5.10 Å². The normalized spacial score (nSPS) is 15.0. The Hall–Kier alpha value is -2.93. The van der Waals surface area contributed by atoms with Gasteiger partial charge in [-0.2, -0.15) is 5.10 Å². The number of nitrogens with zero attached hydrogens (tertiary/aromatic N) is 5. The van der Waals surface area contributed by atoms with Gasteiger partial charge in [-0.05, 0) is 19.4 Å². The number of fused-ring (bicyclic) bond motifs is 1. The van der Waals surface area contributed by atoms with E-state index in [4.69, 9.17) is 9.72 Å². The Labute approximate surface area is 158 Å². The number of aryl methyl sites for hydroxylation is 2. The molecule has 1 saturated heterocycles. The van der Waals surface area contributed by atoms with Crippen LogP contribution in [0.4, 0.5) is 11.5 Å². The minimum absolute atomic E-state index is 0.711. The second kappa shape index (κ2) is 7.75. The number of imidazole rings is 1. The monoisotopic (exact) mass is 364 g/mol. The third kappa shape index (κ3) is 3.78. The summed E-state index contributed by atoms with van der Waals surface area (Å²) in [4.78, 5) is 11.6. The molecule has 27 heavy (non-hydrogen) atoms. The fourth-order valence-electron chi connectivity index (χ4n) is 3.28. The molecular formula is C20H24N6O. The summed E-state index contributed by atoms with van der Waals surface area (Å²) in [5.74, 6) is 0.711. The highest BCUT2D eigenvalue weighted by Crippen LogP contribution is 2.28. The van der Waals surface area contributed by atoms with Crippen molar-refractivity contribution >= 4 is 28.9 Å². The van der Waals surface area contributed by atoms with Gasteiger partial charge in [0, 0.05) is 25.7 Å². The third-order valence-corrected chi connectivity index (χ3v) is 4.68. The van der Waals surface area contributed by atoms with Crippen LogP contribution in [-0.2, 0) is 11.3 Å². The lowest BCUT2D eigenvalue weighted by molar-refractivity contribution is 0.123. The minimum Gasteiger partial charge on any atom is -0.378 e. The van der Waals surface area contributed by atoms with E-state index in [9.17, 15) is 0 Å². The Morgan fingerprint density at radius 3 is 2.89 bits per heavy atom. The van der Waals surface area contributed by atoms with Crippen molar-refractivity contribution in [1.29, 1.82) is 0 Å². The van der Waals surface area contributed by atoms with Gasteiger partial charge in [0.1, 0.15) is 5.52 Å². The summed E-state index contributed by atoms with van der Waals surface area (Å²) in [7, 11) is 0. The van der Waals surface area contributed by atoms with Gasteiger partial charge in [0.2, 0.25) is 0 Å². The van der Waals surface area contributed by atoms with Gasteiger partial charge < -0.3 is 14.2 Å².